The number of nitrogens with zero attached hydrogens (tertiary/aromatic N) is 4. The number of benzene rings is 1. The van der Waals surface area contributed by atoms with Crippen LogP contribution in [0.25, 0.3) is 11.4 Å². The molecular formula is C13H17N5. The van der Waals surface area contributed by atoms with Gasteiger partial charge in [0.2, 0.25) is 0 Å². The van der Waals surface area contributed by atoms with Crippen LogP contribution in [0.5, 0.6) is 0 Å². The lowest BCUT2D eigenvalue weighted by molar-refractivity contribution is 0.458. The predicted octanol–water partition coefficient (Wildman–Crippen LogP) is 2.35. The van der Waals surface area contributed by atoms with Gasteiger partial charge in [0, 0.05) is 11.3 Å². The van der Waals surface area contributed by atoms with E-state index in [2.05, 4.69) is 15.5 Å². The van der Waals surface area contributed by atoms with Crippen molar-refractivity contribution >= 4 is 5.69 Å². The van der Waals surface area contributed by atoms with E-state index in [0.29, 0.717) is 6.04 Å². The molecular weight excluding hydrogens is 226 g/mol. The van der Waals surface area contributed by atoms with Crippen LogP contribution in [0, 0.1) is 6.92 Å². The molecule has 1 aromatic heterocycles. The molecule has 0 bridgehead atoms. The summed E-state index contributed by atoms with van der Waals surface area (Å²) in [6.07, 6.45) is 4.86. The molecule has 1 saturated carbocycles. The Labute approximate surface area is 106 Å². The van der Waals surface area contributed by atoms with Crippen LogP contribution in [0.4, 0.5) is 5.69 Å². The van der Waals surface area contributed by atoms with Gasteiger partial charge < -0.3 is 5.73 Å². The molecule has 3 rings (SSSR count). The van der Waals surface area contributed by atoms with Gasteiger partial charge in [0.05, 0.1) is 6.04 Å². The molecule has 94 valence electrons. The Kier molecular flexibility index (Phi) is 2.74. The molecule has 0 atom stereocenters. The Morgan fingerprint density at radius 3 is 2.78 bits per heavy atom. The second-order valence-electron chi connectivity index (χ2n) is 4.96. The Morgan fingerprint density at radius 1 is 1.28 bits per heavy atom. The summed E-state index contributed by atoms with van der Waals surface area (Å²) in [7, 11) is 0. The SMILES string of the molecule is Cc1ccc(-c2nnnn2C2CCCC2)cc1N. The molecule has 1 heterocycles. The number of anilines is 1. The van der Waals surface area contributed by atoms with Crippen molar-refractivity contribution in [3.05, 3.63) is 23.8 Å². The first-order chi connectivity index (χ1) is 8.75. The molecule has 5 heteroatoms. The van der Waals surface area contributed by atoms with Crippen molar-refractivity contribution in [2.75, 3.05) is 5.73 Å². The number of rotatable bonds is 2. The molecule has 0 aliphatic heterocycles. The fraction of sp³-hybridized carbons (Fsp3) is 0.462. The molecule has 1 aliphatic rings. The average molecular weight is 243 g/mol. The molecule has 0 amide bonds. The number of nitrogens with two attached hydrogens (primary N) is 1. The second kappa shape index (κ2) is 4.40. The average Bonchev–Trinajstić information content (AvgIpc) is 3.00. The molecule has 0 unspecified atom stereocenters. The Morgan fingerprint density at radius 2 is 2.06 bits per heavy atom. The maximum absolute atomic E-state index is 5.95. The second-order valence-corrected chi connectivity index (χ2v) is 4.96. The molecule has 2 N–H and O–H groups in total. The highest BCUT2D eigenvalue weighted by molar-refractivity contribution is 5.63. The third kappa shape index (κ3) is 1.85. The molecule has 1 fully saturated rings. The topological polar surface area (TPSA) is 69.6 Å². The van der Waals surface area contributed by atoms with Crippen molar-refractivity contribution < 1.29 is 0 Å². The molecule has 0 saturated heterocycles. The van der Waals surface area contributed by atoms with Crippen LogP contribution >= 0.6 is 0 Å². The van der Waals surface area contributed by atoms with Crippen molar-refractivity contribution in [1.82, 2.24) is 20.2 Å². The van der Waals surface area contributed by atoms with Crippen LogP contribution in [0.15, 0.2) is 18.2 Å². The fourth-order valence-corrected chi connectivity index (χ4v) is 2.56. The number of tetrazole rings is 1. The zero-order chi connectivity index (χ0) is 12.5. The van der Waals surface area contributed by atoms with E-state index in [4.69, 9.17) is 5.73 Å². The third-order valence-corrected chi connectivity index (χ3v) is 3.70. The molecule has 2 aromatic rings. The summed E-state index contributed by atoms with van der Waals surface area (Å²) < 4.78 is 1.96. The van der Waals surface area contributed by atoms with E-state index in [1.165, 1.54) is 25.7 Å². The number of nitrogen functional groups attached to an aromatic ring is 1. The normalized spacial score (nSPS) is 16.3. The van der Waals surface area contributed by atoms with E-state index in [-0.39, 0.29) is 0 Å². The maximum atomic E-state index is 5.95. The van der Waals surface area contributed by atoms with Crippen LogP contribution in [0.1, 0.15) is 37.3 Å². The summed E-state index contributed by atoms with van der Waals surface area (Å²) in [5.74, 6) is 0.827. The summed E-state index contributed by atoms with van der Waals surface area (Å²) in [6, 6.07) is 6.44. The zero-order valence-corrected chi connectivity index (χ0v) is 10.5. The third-order valence-electron chi connectivity index (χ3n) is 3.70. The minimum absolute atomic E-state index is 0.442. The van der Waals surface area contributed by atoms with Gasteiger partial charge in [0.15, 0.2) is 5.82 Å². The van der Waals surface area contributed by atoms with Crippen molar-refractivity contribution in [3.63, 3.8) is 0 Å². The number of hydrogen-bond donors (Lipinski definition) is 1. The molecule has 18 heavy (non-hydrogen) atoms. The summed E-state index contributed by atoms with van der Waals surface area (Å²) in [5, 5.41) is 12.1. The van der Waals surface area contributed by atoms with Gasteiger partial charge >= 0.3 is 0 Å². The largest absolute Gasteiger partial charge is 0.398 e. The predicted molar refractivity (Wildman–Crippen MR) is 69.9 cm³/mol. The summed E-state index contributed by atoms with van der Waals surface area (Å²) in [6.45, 7) is 2.00. The Hall–Kier alpha value is -1.91. The Bertz CT molecular complexity index is 554. The standard InChI is InChI=1S/C13H17N5/c1-9-6-7-10(8-12(9)14)13-15-16-17-18(13)11-4-2-3-5-11/h6-8,11H,2-5,14H2,1H3. The van der Waals surface area contributed by atoms with E-state index in [1.54, 1.807) is 0 Å². The zero-order valence-electron chi connectivity index (χ0n) is 10.5. The van der Waals surface area contributed by atoms with E-state index < -0.39 is 0 Å². The number of aromatic nitrogens is 4. The molecule has 5 nitrogen and oxygen atoms in total. The van der Waals surface area contributed by atoms with Gasteiger partial charge in [0.1, 0.15) is 0 Å². The fourth-order valence-electron chi connectivity index (χ4n) is 2.56. The molecule has 1 aromatic carbocycles. The quantitative estimate of drug-likeness (QED) is 0.822. The first-order valence-electron chi connectivity index (χ1n) is 6.40. The summed E-state index contributed by atoms with van der Waals surface area (Å²) in [5.41, 5.74) is 8.82. The monoisotopic (exact) mass is 243 g/mol. The van der Waals surface area contributed by atoms with Gasteiger partial charge in [-0.15, -0.1) is 5.10 Å². The molecule has 0 radical (unpaired) electrons. The van der Waals surface area contributed by atoms with E-state index in [1.807, 2.05) is 29.8 Å². The highest BCUT2D eigenvalue weighted by Crippen LogP contribution is 2.32. The van der Waals surface area contributed by atoms with Crippen molar-refractivity contribution in [3.8, 4) is 11.4 Å². The van der Waals surface area contributed by atoms with Gasteiger partial charge in [0.25, 0.3) is 0 Å². The van der Waals surface area contributed by atoms with Gasteiger partial charge in [-0.05, 0) is 41.8 Å². The lowest BCUT2D eigenvalue weighted by Gasteiger charge is -2.11. The molecule has 0 spiro atoms. The lowest BCUT2D eigenvalue weighted by atomic mass is 10.1. The number of hydrogen-bond acceptors (Lipinski definition) is 4. The van der Waals surface area contributed by atoms with Gasteiger partial charge in [-0.25, -0.2) is 4.68 Å². The number of aryl methyl sites for hydroxylation is 1. The minimum Gasteiger partial charge on any atom is -0.398 e. The van der Waals surface area contributed by atoms with Crippen LogP contribution < -0.4 is 5.73 Å². The van der Waals surface area contributed by atoms with Gasteiger partial charge in [-0.2, -0.15) is 0 Å². The van der Waals surface area contributed by atoms with Crippen LogP contribution in [-0.2, 0) is 0 Å². The van der Waals surface area contributed by atoms with Crippen LogP contribution in [-0.4, -0.2) is 20.2 Å². The van der Waals surface area contributed by atoms with Crippen molar-refractivity contribution in [2.45, 2.75) is 38.6 Å². The maximum Gasteiger partial charge on any atom is 0.182 e. The summed E-state index contributed by atoms with van der Waals surface area (Å²) in [4.78, 5) is 0. The van der Waals surface area contributed by atoms with E-state index in [9.17, 15) is 0 Å². The first kappa shape index (κ1) is 11.2. The van der Waals surface area contributed by atoms with E-state index >= 15 is 0 Å². The van der Waals surface area contributed by atoms with Gasteiger partial charge in [-0.3, -0.25) is 0 Å². The van der Waals surface area contributed by atoms with E-state index in [0.717, 1.165) is 22.6 Å². The van der Waals surface area contributed by atoms with Crippen LogP contribution in [0.3, 0.4) is 0 Å². The van der Waals surface area contributed by atoms with Crippen molar-refractivity contribution in [2.24, 2.45) is 0 Å². The van der Waals surface area contributed by atoms with Gasteiger partial charge in [-0.1, -0.05) is 25.0 Å². The summed E-state index contributed by atoms with van der Waals surface area (Å²) >= 11 is 0. The highest BCUT2D eigenvalue weighted by Gasteiger charge is 2.22. The smallest absolute Gasteiger partial charge is 0.182 e. The lowest BCUT2D eigenvalue weighted by Crippen LogP contribution is -2.08. The highest BCUT2D eigenvalue weighted by atomic mass is 15.5. The van der Waals surface area contributed by atoms with Crippen molar-refractivity contribution in [1.29, 1.82) is 0 Å². The van der Waals surface area contributed by atoms with Crippen LogP contribution in [0.2, 0.25) is 0 Å². The minimum atomic E-state index is 0.442. The first-order valence-corrected chi connectivity index (χ1v) is 6.40. The Balaban J connectivity index is 2.00. The molecule has 1 aliphatic carbocycles.